The van der Waals surface area contributed by atoms with E-state index in [1.54, 1.807) is 0 Å². The van der Waals surface area contributed by atoms with Crippen molar-refractivity contribution >= 4 is 53.4 Å². The van der Waals surface area contributed by atoms with Crippen molar-refractivity contribution in [3.05, 3.63) is 188 Å². The van der Waals surface area contributed by atoms with Gasteiger partial charge < -0.3 is 4.42 Å². The van der Waals surface area contributed by atoms with Crippen LogP contribution in [0.3, 0.4) is 0 Å². The van der Waals surface area contributed by atoms with Crippen molar-refractivity contribution in [3.8, 4) is 67.5 Å². The lowest BCUT2D eigenvalue weighted by Crippen LogP contribution is -2.00. The summed E-state index contributed by atoms with van der Waals surface area (Å²) in [7, 11) is 0. The molecule has 56 heavy (non-hydrogen) atoms. The van der Waals surface area contributed by atoms with Gasteiger partial charge in [0.2, 0.25) is 0 Å². The number of thiophene rings is 1. The van der Waals surface area contributed by atoms with Crippen LogP contribution < -0.4 is 0 Å². The zero-order valence-corrected chi connectivity index (χ0v) is 30.9. The Hall–Kier alpha value is -7.21. The molecular formula is C51H31N3OS. The van der Waals surface area contributed by atoms with Gasteiger partial charge in [-0.2, -0.15) is 0 Å². The van der Waals surface area contributed by atoms with Crippen molar-refractivity contribution < 1.29 is 4.42 Å². The first kappa shape index (κ1) is 32.2. The highest BCUT2D eigenvalue weighted by Gasteiger charge is 2.22. The second kappa shape index (κ2) is 13.3. The third-order valence-electron chi connectivity index (χ3n) is 10.5. The van der Waals surface area contributed by atoms with Crippen molar-refractivity contribution in [1.29, 1.82) is 0 Å². The molecule has 0 unspecified atom stereocenters. The van der Waals surface area contributed by atoms with Crippen molar-refractivity contribution in [2.75, 3.05) is 0 Å². The summed E-state index contributed by atoms with van der Waals surface area (Å²) < 4.78 is 9.07. The van der Waals surface area contributed by atoms with Crippen LogP contribution in [0.15, 0.2) is 192 Å². The minimum Gasteiger partial charge on any atom is -0.455 e. The summed E-state index contributed by atoms with van der Waals surface area (Å²) in [5.41, 5.74) is 11.3. The molecule has 0 aliphatic heterocycles. The van der Waals surface area contributed by atoms with Gasteiger partial charge in [0.05, 0.1) is 0 Å². The summed E-state index contributed by atoms with van der Waals surface area (Å²) >= 11 is 1.82. The van der Waals surface area contributed by atoms with Gasteiger partial charge in [-0.1, -0.05) is 164 Å². The molecule has 5 heteroatoms. The maximum absolute atomic E-state index is 6.65. The van der Waals surface area contributed by atoms with Crippen LogP contribution in [0.4, 0.5) is 0 Å². The molecule has 262 valence electrons. The first-order valence-corrected chi connectivity index (χ1v) is 19.5. The maximum atomic E-state index is 6.65. The van der Waals surface area contributed by atoms with Crippen LogP contribution in [0, 0.1) is 0 Å². The Morgan fingerprint density at radius 2 is 0.893 bits per heavy atom. The van der Waals surface area contributed by atoms with Gasteiger partial charge in [0, 0.05) is 58.8 Å². The summed E-state index contributed by atoms with van der Waals surface area (Å²) in [5.74, 6) is 1.84. The number of rotatable bonds is 6. The predicted octanol–water partition coefficient (Wildman–Crippen LogP) is 14.1. The molecule has 3 heterocycles. The average Bonchev–Trinajstić information content (AvgIpc) is 3.86. The third-order valence-corrected chi connectivity index (χ3v) is 11.7. The largest absolute Gasteiger partial charge is 0.455 e. The van der Waals surface area contributed by atoms with Crippen LogP contribution in [0.1, 0.15) is 0 Å². The fraction of sp³-hybridized carbons (Fsp3) is 0. The van der Waals surface area contributed by atoms with E-state index in [-0.39, 0.29) is 0 Å². The van der Waals surface area contributed by atoms with Crippen LogP contribution in [-0.4, -0.2) is 15.0 Å². The van der Waals surface area contributed by atoms with Crippen molar-refractivity contribution in [3.63, 3.8) is 0 Å². The maximum Gasteiger partial charge on any atom is 0.164 e. The predicted molar refractivity (Wildman–Crippen MR) is 233 cm³/mol. The molecule has 0 saturated heterocycles. The molecule has 0 saturated carbocycles. The Bertz CT molecular complexity index is 3230. The van der Waals surface area contributed by atoms with Crippen molar-refractivity contribution in [2.24, 2.45) is 0 Å². The molecule has 8 aromatic carbocycles. The van der Waals surface area contributed by atoms with E-state index >= 15 is 0 Å². The number of aromatic nitrogens is 3. The molecule has 0 amide bonds. The van der Waals surface area contributed by atoms with E-state index in [0.717, 1.165) is 55.1 Å². The molecule has 0 radical (unpaired) electrons. The molecule has 0 fully saturated rings. The molecule has 0 spiro atoms. The number of hydrogen-bond donors (Lipinski definition) is 0. The van der Waals surface area contributed by atoms with E-state index in [0.29, 0.717) is 17.5 Å². The lowest BCUT2D eigenvalue weighted by Gasteiger charge is -2.11. The number of benzene rings is 8. The molecule has 3 aromatic heterocycles. The first-order valence-electron chi connectivity index (χ1n) is 18.7. The Labute approximate surface area is 327 Å². The number of hydrogen-bond acceptors (Lipinski definition) is 5. The molecule has 0 aliphatic carbocycles. The van der Waals surface area contributed by atoms with Gasteiger partial charge >= 0.3 is 0 Å². The van der Waals surface area contributed by atoms with Crippen LogP contribution in [0.25, 0.3) is 110 Å². The zero-order chi connectivity index (χ0) is 37.0. The standard InChI is InChI=1S/C51H31N3OS/c1-5-16-32(17-6-1)36-30-41(34-20-9-3-10-21-34)48-42(31-36)46-40(27-15-29-44(46)56-48)51-53-49(35-22-11-4-12-23-35)52-50(54-51)39-26-14-28-43-45(39)38-25-13-24-37(47(38)55-43)33-18-7-2-8-19-33/h1-31H. The number of para-hydroxylation sites is 1. The highest BCUT2D eigenvalue weighted by Crippen LogP contribution is 2.46. The van der Waals surface area contributed by atoms with E-state index in [1.807, 2.05) is 47.7 Å². The van der Waals surface area contributed by atoms with Crippen LogP contribution >= 0.6 is 11.3 Å². The summed E-state index contributed by atoms with van der Waals surface area (Å²) in [4.78, 5) is 15.8. The molecule has 0 bridgehead atoms. The Morgan fingerprint density at radius 3 is 1.57 bits per heavy atom. The quantitative estimate of drug-likeness (QED) is 0.171. The second-order valence-corrected chi connectivity index (χ2v) is 15.0. The van der Waals surface area contributed by atoms with Crippen LogP contribution in [0.2, 0.25) is 0 Å². The molecule has 0 aliphatic rings. The normalized spacial score (nSPS) is 11.6. The smallest absolute Gasteiger partial charge is 0.164 e. The summed E-state index contributed by atoms with van der Waals surface area (Å²) in [6, 6.07) is 65.5. The Morgan fingerprint density at radius 1 is 0.357 bits per heavy atom. The number of furan rings is 1. The van der Waals surface area contributed by atoms with E-state index in [2.05, 4.69) is 152 Å². The number of nitrogens with zero attached hydrogens (tertiary/aromatic N) is 3. The van der Waals surface area contributed by atoms with E-state index in [1.165, 1.54) is 37.0 Å². The van der Waals surface area contributed by atoms with Gasteiger partial charge in [0.25, 0.3) is 0 Å². The summed E-state index contributed by atoms with van der Waals surface area (Å²) in [5, 5.41) is 4.32. The zero-order valence-electron chi connectivity index (χ0n) is 30.1. The van der Waals surface area contributed by atoms with E-state index in [9.17, 15) is 0 Å². The van der Waals surface area contributed by atoms with Gasteiger partial charge in [-0.15, -0.1) is 11.3 Å². The summed E-state index contributed by atoms with van der Waals surface area (Å²) in [6.07, 6.45) is 0. The SMILES string of the molecule is c1ccc(-c2cc(-c3ccccc3)c3sc4cccc(-c5nc(-c6ccccc6)nc(-c6cccc7oc8c(-c9ccccc9)cccc8c67)n5)c4c3c2)cc1. The molecule has 11 rings (SSSR count). The lowest BCUT2D eigenvalue weighted by atomic mass is 9.95. The fourth-order valence-electron chi connectivity index (χ4n) is 7.96. The van der Waals surface area contributed by atoms with Gasteiger partial charge in [-0.3, -0.25) is 0 Å². The van der Waals surface area contributed by atoms with Crippen molar-refractivity contribution in [1.82, 2.24) is 15.0 Å². The van der Waals surface area contributed by atoms with E-state index < -0.39 is 0 Å². The molecule has 0 N–H and O–H groups in total. The average molecular weight is 734 g/mol. The second-order valence-electron chi connectivity index (χ2n) is 13.9. The Balaban J connectivity index is 1.18. The van der Waals surface area contributed by atoms with Gasteiger partial charge in [0.15, 0.2) is 17.5 Å². The molecule has 0 atom stereocenters. The highest BCUT2D eigenvalue weighted by molar-refractivity contribution is 7.26. The van der Waals surface area contributed by atoms with Crippen molar-refractivity contribution in [2.45, 2.75) is 0 Å². The Kier molecular flexibility index (Phi) is 7.64. The topological polar surface area (TPSA) is 51.8 Å². The number of fused-ring (bicyclic) bond motifs is 6. The third kappa shape index (κ3) is 5.40. The minimum absolute atomic E-state index is 0.596. The van der Waals surface area contributed by atoms with Gasteiger partial charge in [0.1, 0.15) is 11.2 Å². The first-order chi connectivity index (χ1) is 27.8. The molecular weight excluding hydrogens is 703 g/mol. The molecule has 4 nitrogen and oxygen atoms in total. The van der Waals surface area contributed by atoms with Crippen LogP contribution in [0.5, 0.6) is 0 Å². The van der Waals surface area contributed by atoms with Gasteiger partial charge in [-0.05, 0) is 46.5 Å². The highest BCUT2D eigenvalue weighted by atomic mass is 32.1. The minimum atomic E-state index is 0.596. The lowest BCUT2D eigenvalue weighted by molar-refractivity contribution is 0.670. The summed E-state index contributed by atoms with van der Waals surface area (Å²) in [6.45, 7) is 0. The van der Waals surface area contributed by atoms with Crippen LogP contribution in [-0.2, 0) is 0 Å². The van der Waals surface area contributed by atoms with Gasteiger partial charge in [-0.25, -0.2) is 15.0 Å². The molecule has 11 aromatic rings. The fourth-order valence-corrected chi connectivity index (χ4v) is 9.20. The van der Waals surface area contributed by atoms with E-state index in [4.69, 9.17) is 19.4 Å². The monoisotopic (exact) mass is 733 g/mol.